The zero-order valence-corrected chi connectivity index (χ0v) is 17.0. The van der Waals surface area contributed by atoms with Gasteiger partial charge in [-0.15, -0.1) is 0 Å². The topological polar surface area (TPSA) is 54.7 Å². The number of hydrogen-bond acceptors (Lipinski definition) is 4. The molecule has 1 saturated carbocycles. The molecule has 1 fully saturated rings. The summed E-state index contributed by atoms with van der Waals surface area (Å²) in [6, 6.07) is 13.2. The standard InChI is InChI=1S/C23H32N2O3/c1-3-7-23(27)28-17-22(26)16-25(20-11-12-20)15-21-10-6-13-24(21)14-19-9-5-4-8-18(19)2/h4-6,8-10,13,20,22,26H,3,7,11-12,14-17H2,1-2H3. The fourth-order valence-electron chi connectivity index (χ4n) is 3.50. The van der Waals surface area contributed by atoms with Crippen LogP contribution in [0.1, 0.15) is 49.4 Å². The molecule has 5 heteroatoms. The molecule has 1 N–H and O–H groups in total. The van der Waals surface area contributed by atoms with E-state index < -0.39 is 6.10 Å². The van der Waals surface area contributed by atoms with E-state index in [2.05, 4.69) is 59.0 Å². The Kier molecular flexibility index (Phi) is 7.29. The monoisotopic (exact) mass is 384 g/mol. The highest BCUT2D eigenvalue weighted by molar-refractivity contribution is 5.69. The van der Waals surface area contributed by atoms with Crippen molar-refractivity contribution in [2.24, 2.45) is 0 Å². The van der Waals surface area contributed by atoms with Gasteiger partial charge in [0.25, 0.3) is 0 Å². The molecular formula is C23H32N2O3. The molecule has 1 aliphatic rings. The average molecular weight is 385 g/mol. The predicted octanol–water partition coefficient (Wildman–Crippen LogP) is 3.51. The van der Waals surface area contributed by atoms with E-state index in [0.29, 0.717) is 19.0 Å². The van der Waals surface area contributed by atoms with E-state index >= 15 is 0 Å². The Labute approximate surface area is 167 Å². The maximum absolute atomic E-state index is 11.5. The van der Waals surface area contributed by atoms with Crippen molar-refractivity contribution in [2.45, 2.75) is 64.8 Å². The summed E-state index contributed by atoms with van der Waals surface area (Å²) in [5.41, 5.74) is 3.86. The quantitative estimate of drug-likeness (QED) is 0.603. The highest BCUT2D eigenvalue weighted by Crippen LogP contribution is 2.28. The molecule has 0 aliphatic heterocycles. The van der Waals surface area contributed by atoms with Crippen molar-refractivity contribution in [3.63, 3.8) is 0 Å². The number of aromatic nitrogens is 1. The summed E-state index contributed by atoms with van der Waals surface area (Å²) in [7, 11) is 0. The van der Waals surface area contributed by atoms with Gasteiger partial charge in [0.1, 0.15) is 12.7 Å². The second-order valence-corrected chi connectivity index (χ2v) is 7.80. The van der Waals surface area contributed by atoms with Gasteiger partial charge >= 0.3 is 5.97 Å². The van der Waals surface area contributed by atoms with E-state index in [-0.39, 0.29) is 12.6 Å². The summed E-state index contributed by atoms with van der Waals surface area (Å²) >= 11 is 0. The van der Waals surface area contributed by atoms with Crippen molar-refractivity contribution in [3.05, 3.63) is 59.4 Å². The maximum atomic E-state index is 11.5. The van der Waals surface area contributed by atoms with Crippen LogP contribution < -0.4 is 0 Å². The highest BCUT2D eigenvalue weighted by atomic mass is 16.5. The first-order valence-corrected chi connectivity index (χ1v) is 10.3. The molecule has 5 nitrogen and oxygen atoms in total. The van der Waals surface area contributed by atoms with Crippen LogP contribution >= 0.6 is 0 Å². The molecule has 1 heterocycles. The summed E-state index contributed by atoms with van der Waals surface area (Å²) in [5, 5.41) is 10.4. The first-order chi connectivity index (χ1) is 13.6. The number of aliphatic hydroxyl groups is 1. The SMILES string of the molecule is CCCC(=O)OCC(O)CN(Cc1cccn1Cc1ccccc1C)C1CC1. The number of rotatable bonds is 11. The number of carbonyl (C=O) groups excluding carboxylic acids is 1. The van der Waals surface area contributed by atoms with Crippen molar-refractivity contribution < 1.29 is 14.6 Å². The predicted molar refractivity (Wildman–Crippen MR) is 110 cm³/mol. The Bertz CT molecular complexity index is 767. The molecule has 1 aliphatic carbocycles. The lowest BCUT2D eigenvalue weighted by atomic mass is 10.1. The second-order valence-electron chi connectivity index (χ2n) is 7.80. The van der Waals surface area contributed by atoms with Crippen molar-refractivity contribution in [3.8, 4) is 0 Å². The van der Waals surface area contributed by atoms with Gasteiger partial charge in [-0.05, 0) is 49.4 Å². The van der Waals surface area contributed by atoms with Crippen LogP contribution in [0.3, 0.4) is 0 Å². The van der Waals surface area contributed by atoms with Gasteiger partial charge in [-0.2, -0.15) is 0 Å². The Hall–Kier alpha value is -2.11. The highest BCUT2D eigenvalue weighted by Gasteiger charge is 2.31. The molecule has 152 valence electrons. The number of aryl methyl sites for hydroxylation is 1. The molecule has 0 spiro atoms. The number of esters is 1. The lowest BCUT2D eigenvalue weighted by molar-refractivity contribution is -0.147. The lowest BCUT2D eigenvalue weighted by Gasteiger charge is -2.25. The zero-order valence-electron chi connectivity index (χ0n) is 17.0. The fourth-order valence-corrected chi connectivity index (χ4v) is 3.50. The van der Waals surface area contributed by atoms with Crippen LogP contribution in [0, 0.1) is 6.92 Å². The third-order valence-corrected chi connectivity index (χ3v) is 5.29. The van der Waals surface area contributed by atoms with Crippen molar-refractivity contribution >= 4 is 5.97 Å². The van der Waals surface area contributed by atoms with E-state index in [1.54, 1.807) is 0 Å². The summed E-state index contributed by atoms with van der Waals surface area (Å²) in [4.78, 5) is 13.9. The summed E-state index contributed by atoms with van der Waals surface area (Å²) in [5.74, 6) is -0.230. The number of nitrogens with zero attached hydrogens (tertiary/aromatic N) is 2. The molecular weight excluding hydrogens is 352 g/mol. The Morgan fingerprint density at radius 1 is 1.29 bits per heavy atom. The summed E-state index contributed by atoms with van der Waals surface area (Å²) in [6.07, 6.45) is 4.98. The number of ether oxygens (including phenoxy) is 1. The van der Waals surface area contributed by atoms with Crippen molar-refractivity contribution in [1.82, 2.24) is 9.47 Å². The molecule has 0 saturated heterocycles. The van der Waals surface area contributed by atoms with E-state index in [4.69, 9.17) is 4.74 Å². The number of aliphatic hydroxyl groups excluding tert-OH is 1. The maximum Gasteiger partial charge on any atom is 0.305 e. The Morgan fingerprint density at radius 2 is 2.07 bits per heavy atom. The molecule has 28 heavy (non-hydrogen) atoms. The van der Waals surface area contributed by atoms with Crippen LogP contribution in [-0.4, -0.2) is 45.8 Å². The van der Waals surface area contributed by atoms with Gasteiger partial charge in [-0.3, -0.25) is 9.69 Å². The molecule has 0 bridgehead atoms. The van der Waals surface area contributed by atoms with Gasteiger partial charge in [-0.1, -0.05) is 31.2 Å². The molecule has 2 aromatic rings. The van der Waals surface area contributed by atoms with Gasteiger partial charge < -0.3 is 14.4 Å². The van der Waals surface area contributed by atoms with E-state index in [1.165, 1.54) is 29.7 Å². The van der Waals surface area contributed by atoms with E-state index in [1.807, 2.05) is 6.92 Å². The van der Waals surface area contributed by atoms with E-state index in [9.17, 15) is 9.90 Å². The minimum absolute atomic E-state index is 0.0757. The number of carbonyl (C=O) groups is 1. The van der Waals surface area contributed by atoms with Crippen molar-refractivity contribution in [2.75, 3.05) is 13.2 Å². The molecule has 1 aromatic heterocycles. The zero-order chi connectivity index (χ0) is 19.9. The van der Waals surface area contributed by atoms with Crippen LogP contribution in [0.5, 0.6) is 0 Å². The average Bonchev–Trinajstić information content (AvgIpc) is 3.43. The van der Waals surface area contributed by atoms with Crippen LogP contribution in [0.15, 0.2) is 42.6 Å². The molecule has 3 rings (SSSR count). The van der Waals surface area contributed by atoms with Gasteiger partial charge in [-0.25, -0.2) is 0 Å². The largest absolute Gasteiger partial charge is 0.463 e. The minimum Gasteiger partial charge on any atom is -0.463 e. The van der Waals surface area contributed by atoms with Gasteiger partial charge in [0, 0.05) is 44.0 Å². The van der Waals surface area contributed by atoms with E-state index in [0.717, 1.165) is 19.5 Å². The first-order valence-electron chi connectivity index (χ1n) is 10.3. The molecule has 1 atom stereocenters. The van der Waals surface area contributed by atoms with Gasteiger partial charge in [0.15, 0.2) is 0 Å². The summed E-state index contributed by atoms with van der Waals surface area (Å²) in [6.45, 7) is 6.34. The minimum atomic E-state index is -0.652. The third kappa shape index (κ3) is 5.94. The normalized spacial score (nSPS) is 15.0. The Balaban J connectivity index is 1.59. The first kappa shape index (κ1) is 20.6. The molecule has 0 radical (unpaired) electrons. The summed E-state index contributed by atoms with van der Waals surface area (Å²) < 4.78 is 7.46. The smallest absolute Gasteiger partial charge is 0.305 e. The Morgan fingerprint density at radius 3 is 2.79 bits per heavy atom. The number of hydrogen-bond donors (Lipinski definition) is 1. The molecule has 1 aromatic carbocycles. The number of benzene rings is 1. The van der Waals surface area contributed by atoms with Crippen LogP contribution in [-0.2, 0) is 22.6 Å². The third-order valence-electron chi connectivity index (χ3n) is 5.29. The lowest BCUT2D eigenvalue weighted by Crippen LogP contribution is -2.37. The fraction of sp³-hybridized carbons (Fsp3) is 0.522. The molecule has 0 amide bonds. The second kappa shape index (κ2) is 9.89. The van der Waals surface area contributed by atoms with Crippen LogP contribution in [0.2, 0.25) is 0 Å². The van der Waals surface area contributed by atoms with Crippen LogP contribution in [0.4, 0.5) is 0 Å². The van der Waals surface area contributed by atoms with Gasteiger partial charge in [0.2, 0.25) is 0 Å². The van der Waals surface area contributed by atoms with Crippen LogP contribution in [0.25, 0.3) is 0 Å². The van der Waals surface area contributed by atoms with Gasteiger partial charge in [0.05, 0.1) is 0 Å². The molecule has 1 unspecified atom stereocenters. The van der Waals surface area contributed by atoms with Crippen molar-refractivity contribution in [1.29, 1.82) is 0 Å².